The van der Waals surface area contributed by atoms with Crippen molar-refractivity contribution < 1.29 is 38.1 Å². The number of ketones is 1. The molecule has 4 aromatic carbocycles. The van der Waals surface area contributed by atoms with Gasteiger partial charge in [-0.15, -0.1) is 0 Å². The molecule has 5 rings (SSSR count). The topological polar surface area (TPSA) is 116 Å². The number of hydrogen-bond donors (Lipinski definition) is 1. The van der Waals surface area contributed by atoms with E-state index < -0.39 is 23.3 Å². The molecule has 0 saturated carbocycles. The number of methoxy groups -OCH3 is 3. The van der Waals surface area contributed by atoms with Crippen LogP contribution < -0.4 is 29.2 Å². The summed E-state index contributed by atoms with van der Waals surface area (Å²) < 4.78 is 28.5. The van der Waals surface area contributed by atoms with Gasteiger partial charge in [0, 0.05) is 43.4 Å². The van der Waals surface area contributed by atoms with Gasteiger partial charge in [-0.3, -0.25) is 9.59 Å². The maximum atomic E-state index is 14.7. The van der Waals surface area contributed by atoms with Crippen LogP contribution in [0.1, 0.15) is 49.5 Å². The van der Waals surface area contributed by atoms with Crippen molar-refractivity contribution in [3.8, 4) is 28.7 Å². The Hall–Kier alpha value is -5.71. The van der Waals surface area contributed by atoms with Gasteiger partial charge in [0.2, 0.25) is 0 Å². The lowest BCUT2D eigenvalue weighted by atomic mass is 9.96. The van der Waals surface area contributed by atoms with Crippen molar-refractivity contribution in [3.05, 3.63) is 108 Å². The number of benzene rings is 4. The second-order valence-electron chi connectivity index (χ2n) is 13.8. The van der Waals surface area contributed by atoms with Crippen LogP contribution in [0.3, 0.4) is 0 Å². The highest BCUT2D eigenvalue weighted by Crippen LogP contribution is 2.37. The van der Waals surface area contributed by atoms with Gasteiger partial charge in [0.05, 0.1) is 27.0 Å². The molecule has 0 radical (unpaired) electrons. The van der Waals surface area contributed by atoms with Crippen LogP contribution in [0.2, 0.25) is 0 Å². The fourth-order valence-corrected chi connectivity index (χ4v) is 6.18. The Morgan fingerprint density at radius 1 is 0.774 bits per heavy atom. The predicted octanol–water partition coefficient (Wildman–Crippen LogP) is 7.53. The molecule has 1 unspecified atom stereocenters. The Bertz CT molecular complexity index is 1830. The summed E-state index contributed by atoms with van der Waals surface area (Å²) in [4.78, 5) is 45.4. The largest absolute Gasteiger partial charge is 0.497 e. The first kappa shape index (κ1) is 38.5. The first-order valence-corrected chi connectivity index (χ1v) is 17.7. The average molecular weight is 724 g/mol. The van der Waals surface area contributed by atoms with Crippen molar-refractivity contribution in [2.45, 2.75) is 51.8 Å². The summed E-state index contributed by atoms with van der Waals surface area (Å²) in [6, 6.07) is 27.5. The van der Waals surface area contributed by atoms with Gasteiger partial charge in [0.15, 0.2) is 17.6 Å². The molecule has 2 amide bonds. The van der Waals surface area contributed by atoms with Crippen molar-refractivity contribution in [3.63, 3.8) is 0 Å². The van der Waals surface area contributed by atoms with Crippen LogP contribution in [0.25, 0.3) is 0 Å². The molecule has 0 bridgehead atoms. The van der Waals surface area contributed by atoms with Gasteiger partial charge in [0.1, 0.15) is 28.6 Å². The van der Waals surface area contributed by atoms with Crippen LogP contribution in [0.4, 0.5) is 10.5 Å². The number of ether oxygens (including phenoxy) is 5. The zero-order valence-electron chi connectivity index (χ0n) is 31.3. The molecule has 1 heterocycles. The van der Waals surface area contributed by atoms with Crippen LogP contribution in [-0.4, -0.2) is 75.3 Å². The summed E-state index contributed by atoms with van der Waals surface area (Å²) in [6.45, 7) is 6.99. The maximum absolute atomic E-state index is 14.7. The molecular weight excluding hydrogens is 674 g/mol. The van der Waals surface area contributed by atoms with E-state index in [1.54, 1.807) is 61.5 Å². The lowest BCUT2D eigenvalue weighted by Crippen LogP contribution is -2.53. The number of likely N-dealkylation sites (tertiary alicyclic amines) is 1. The minimum atomic E-state index is -1.32. The zero-order valence-corrected chi connectivity index (χ0v) is 31.3. The number of hydrogen-bond acceptors (Lipinski definition) is 9. The minimum absolute atomic E-state index is 0.0956. The zero-order chi connectivity index (χ0) is 38.0. The number of piperidine rings is 1. The highest BCUT2D eigenvalue weighted by Gasteiger charge is 2.37. The molecule has 4 aromatic rings. The molecule has 1 N–H and O–H groups in total. The molecule has 1 atom stereocenters. The van der Waals surface area contributed by atoms with Crippen molar-refractivity contribution in [2.75, 3.05) is 45.9 Å². The van der Waals surface area contributed by atoms with E-state index in [2.05, 4.69) is 5.32 Å². The van der Waals surface area contributed by atoms with E-state index in [4.69, 9.17) is 23.7 Å². The molecule has 1 fully saturated rings. The number of Topliss-reactive ketones (excluding diaryl/α,β-unsaturated/α-hetero) is 1. The lowest BCUT2D eigenvalue weighted by Gasteiger charge is -2.35. The Labute approximate surface area is 311 Å². The van der Waals surface area contributed by atoms with Gasteiger partial charge in [-0.2, -0.15) is 0 Å². The number of anilines is 1. The first-order valence-electron chi connectivity index (χ1n) is 17.7. The second kappa shape index (κ2) is 17.7. The number of nitrogens with zero attached hydrogens (tertiary/aromatic N) is 2. The molecule has 280 valence electrons. The maximum Gasteiger partial charge on any atom is 0.410 e. The molecule has 1 aliphatic heterocycles. The highest BCUT2D eigenvalue weighted by atomic mass is 16.6. The Morgan fingerprint density at radius 3 is 2.06 bits per heavy atom. The Kier molecular flexibility index (Phi) is 12.8. The number of carbonyl (C=O) groups is 3. The fraction of sp³-hybridized carbons (Fsp3) is 0.357. The summed E-state index contributed by atoms with van der Waals surface area (Å²) in [6.07, 6.45) is 1.01. The van der Waals surface area contributed by atoms with Crippen molar-refractivity contribution >= 4 is 23.5 Å². The van der Waals surface area contributed by atoms with Gasteiger partial charge in [-0.1, -0.05) is 30.3 Å². The van der Waals surface area contributed by atoms with Crippen LogP contribution in [0.5, 0.6) is 28.7 Å². The first-order chi connectivity index (χ1) is 25.5. The number of nitrogens with one attached hydrogen (secondary N) is 1. The van der Waals surface area contributed by atoms with Gasteiger partial charge >= 0.3 is 6.09 Å². The van der Waals surface area contributed by atoms with E-state index in [-0.39, 0.29) is 18.6 Å². The molecular formula is C42H49N3O8. The van der Waals surface area contributed by atoms with Crippen LogP contribution >= 0.6 is 0 Å². The van der Waals surface area contributed by atoms with Crippen LogP contribution in [0.15, 0.2) is 97.1 Å². The normalized spacial score (nSPS) is 13.7. The van der Waals surface area contributed by atoms with Gasteiger partial charge < -0.3 is 38.8 Å². The van der Waals surface area contributed by atoms with Gasteiger partial charge in [-0.25, -0.2) is 4.79 Å². The molecule has 53 heavy (non-hydrogen) atoms. The average Bonchev–Trinajstić information content (AvgIpc) is 3.17. The van der Waals surface area contributed by atoms with Crippen molar-refractivity contribution in [1.29, 1.82) is 0 Å². The summed E-state index contributed by atoms with van der Waals surface area (Å²) in [7, 11) is 4.70. The van der Waals surface area contributed by atoms with E-state index >= 15 is 0 Å². The molecule has 1 aliphatic rings. The number of rotatable bonds is 14. The minimum Gasteiger partial charge on any atom is -0.497 e. The molecule has 11 heteroatoms. The third kappa shape index (κ3) is 10.2. The molecule has 1 saturated heterocycles. The Morgan fingerprint density at radius 2 is 1.42 bits per heavy atom. The summed E-state index contributed by atoms with van der Waals surface area (Å²) in [5.74, 6) is 1.99. The lowest BCUT2D eigenvalue weighted by molar-refractivity contribution is -0.121. The Balaban J connectivity index is 1.51. The van der Waals surface area contributed by atoms with E-state index in [1.165, 1.54) is 0 Å². The predicted molar refractivity (Wildman–Crippen MR) is 203 cm³/mol. The van der Waals surface area contributed by atoms with Gasteiger partial charge in [0.25, 0.3) is 5.91 Å². The molecule has 0 aromatic heterocycles. The molecule has 0 spiro atoms. The van der Waals surface area contributed by atoms with Crippen LogP contribution in [0, 0.1) is 5.92 Å². The third-order valence-electron chi connectivity index (χ3n) is 8.99. The summed E-state index contributed by atoms with van der Waals surface area (Å²) in [5.41, 5.74) is 1.00. The van der Waals surface area contributed by atoms with Crippen molar-refractivity contribution in [2.24, 2.45) is 5.92 Å². The summed E-state index contributed by atoms with van der Waals surface area (Å²) in [5, 5.41) is 3.11. The number of carbonyl (C=O) groups excluding carboxylic acids is 3. The standard InChI is InChI=1S/C42H49N3O8/c1-42(2,3)53-41(48)44-24-22-29(23-25-44)27-43-40(47)38(39(46)30-16-19-32(49-4)20-17-30)45(28-31-18-21-34(50-5)26-37(31)51-6)35-14-10-11-15-36(35)52-33-12-8-7-9-13-33/h7-21,26,29,38H,22-25,27-28H2,1-6H3,(H,43,47). The number of amides is 2. The van der Waals surface area contributed by atoms with E-state index in [1.807, 2.05) is 87.5 Å². The van der Waals surface area contributed by atoms with E-state index in [0.29, 0.717) is 72.5 Å². The van der Waals surface area contributed by atoms with Gasteiger partial charge in [-0.05, 0) is 100 Å². The fourth-order valence-electron chi connectivity index (χ4n) is 6.18. The molecule has 0 aliphatic carbocycles. The smallest absolute Gasteiger partial charge is 0.410 e. The van der Waals surface area contributed by atoms with Crippen LogP contribution in [-0.2, 0) is 16.1 Å². The second-order valence-corrected chi connectivity index (χ2v) is 13.8. The number of para-hydroxylation sites is 3. The monoisotopic (exact) mass is 723 g/mol. The van der Waals surface area contributed by atoms with E-state index in [9.17, 15) is 14.4 Å². The third-order valence-corrected chi connectivity index (χ3v) is 8.99. The molecule has 11 nitrogen and oxygen atoms in total. The quantitative estimate of drug-likeness (QED) is 0.104. The highest BCUT2D eigenvalue weighted by molar-refractivity contribution is 6.16. The van der Waals surface area contributed by atoms with E-state index in [0.717, 1.165) is 5.56 Å². The summed E-state index contributed by atoms with van der Waals surface area (Å²) >= 11 is 0. The SMILES string of the molecule is COc1ccc(C(=O)C(C(=O)NCC2CCN(C(=O)OC(C)(C)C)CC2)N(Cc2ccc(OC)cc2OC)c2ccccc2Oc2ccccc2)cc1. The van der Waals surface area contributed by atoms with Crippen molar-refractivity contribution in [1.82, 2.24) is 10.2 Å².